The highest BCUT2D eigenvalue weighted by atomic mass is 79.9. The molecule has 2 rings (SSSR count). The molecule has 1 aromatic carbocycles. The average Bonchev–Trinajstić information content (AvgIpc) is 2.28. The Morgan fingerprint density at radius 1 is 1.56 bits per heavy atom. The van der Waals surface area contributed by atoms with Crippen LogP contribution in [0, 0.1) is 0 Å². The van der Waals surface area contributed by atoms with E-state index in [0.29, 0.717) is 17.1 Å². The summed E-state index contributed by atoms with van der Waals surface area (Å²) in [7, 11) is 0. The van der Waals surface area contributed by atoms with Gasteiger partial charge in [-0.1, -0.05) is 18.3 Å². The lowest BCUT2D eigenvalue weighted by Crippen LogP contribution is -2.33. The Hall–Kier alpha value is -0.650. The average molecular weight is 329 g/mol. The summed E-state index contributed by atoms with van der Waals surface area (Å²) < 4.78 is 6.48. The fourth-order valence-electron chi connectivity index (χ4n) is 2.24. The number of hydrogen-bond acceptors (Lipinski definition) is 3. The zero-order valence-corrected chi connectivity index (χ0v) is 12.7. The van der Waals surface area contributed by atoms with Gasteiger partial charge >= 0.3 is 0 Å². The Balaban J connectivity index is 2.18. The van der Waals surface area contributed by atoms with E-state index in [0.717, 1.165) is 35.2 Å². The predicted octanol–water partition coefficient (Wildman–Crippen LogP) is 3.06. The molecular weight excluding hydrogens is 312 g/mol. The third-order valence-electron chi connectivity index (χ3n) is 3.10. The summed E-state index contributed by atoms with van der Waals surface area (Å²) >= 11 is 8.60. The van der Waals surface area contributed by atoms with Crippen molar-refractivity contribution in [3.8, 4) is 0 Å². The molecule has 0 saturated carbocycles. The van der Waals surface area contributed by atoms with Crippen LogP contribution in [0.25, 0.3) is 0 Å². The lowest BCUT2D eigenvalue weighted by atomic mass is 10.0. The molecule has 18 heavy (non-hydrogen) atoms. The first-order valence-corrected chi connectivity index (χ1v) is 7.24. The first-order chi connectivity index (χ1) is 8.58. The van der Waals surface area contributed by atoms with Gasteiger partial charge in [-0.15, -0.1) is 0 Å². The van der Waals surface area contributed by atoms with E-state index >= 15 is 0 Å². The molecule has 0 aromatic heterocycles. The van der Waals surface area contributed by atoms with E-state index in [9.17, 15) is 0 Å². The van der Waals surface area contributed by atoms with Crippen LogP contribution in [0.15, 0.2) is 22.7 Å². The molecule has 3 N–H and O–H groups in total. The summed E-state index contributed by atoms with van der Waals surface area (Å²) in [5.74, 6) is 0. The molecule has 1 aliphatic rings. The van der Waals surface area contributed by atoms with Gasteiger partial charge in [-0.05, 0) is 47.8 Å². The van der Waals surface area contributed by atoms with Crippen LogP contribution in [0.1, 0.15) is 25.3 Å². The van der Waals surface area contributed by atoms with Crippen molar-refractivity contribution >= 4 is 38.8 Å². The summed E-state index contributed by atoms with van der Waals surface area (Å²) in [6.07, 6.45) is 2.31. The molecule has 98 valence electrons. The summed E-state index contributed by atoms with van der Waals surface area (Å²) in [5, 5.41) is 3.52. The minimum absolute atomic E-state index is 0.302. The number of halogens is 1. The normalized spacial score (nSPS) is 23.7. The van der Waals surface area contributed by atoms with Crippen LogP contribution in [-0.4, -0.2) is 23.7 Å². The Morgan fingerprint density at radius 2 is 2.33 bits per heavy atom. The zero-order chi connectivity index (χ0) is 13.1. The van der Waals surface area contributed by atoms with Gasteiger partial charge in [0.05, 0.1) is 6.10 Å². The molecule has 2 unspecified atom stereocenters. The maximum atomic E-state index is 5.78. The van der Waals surface area contributed by atoms with Gasteiger partial charge in [0.15, 0.2) is 0 Å². The second kappa shape index (κ2) is 5.99. The van der Waals surface area contributed by atoms with Crippen LogP contribution in [0.2, 0.25) is 0 Å². The SMILES string of the molecule is CC1CC(Nc2cccc(Br)c2C(N)=S)CCO1. The topological polar surface area (TPSA) is 47.3 Å². The Labute approximate surface area is 121 Å². The molecule has 0 amide bonds. The number of hydrogen-bond donors (Lipinski definition) is 2. The van der Waals surface area contributed by atoms with Gasteiger partial charge in [0.25, 0.3) is 0 Å². The summed E-state index contributed by atoms with van der Waals surface area (Å²) in [6.45, 7) is 2.90. The summed E-state index contributed by atoms with van der Waals surface area (Å²) in [4.78, 5) is 0.407. The van der Waals surface area contributed by atoms with Crippen molar-refractivity contribution in [1.29, 1.82) is 0 Å². The van der Waals surface area contributed by atoms with Gasteiger partial charge in [0, 0.05) is 28.4 Å². The fourth-order valence-corrected chi connectivity index (χ4v) is 3.17. The van der Waals surface area contributed by atoms with Crippen molar-refractivity contribution in [2.75, 3.05) is 11.9 Å². The Kier molecular flexibility index (Phi) is 4.59. The van der Waals surface area contributed by atoms with Crippen LogP contribution in [-0.2, 0) is 4.74 Å². The number of anilines is 1. The van der Waals surface area contributed by atoms with Crippen molar-refractivity contribution in [3.63, 3.8) is 0 Å². The second-order valence-electron chi connectivity index (χ2n) is 4.57. The van der Waals surface area contributed by atoms with E-state index in [1.54, 1.807) is 0 Å². The molecular formula is C13H17BrN2OS. The second-order valence-corrected chi connectivity index (χ2v) is 5.87. The molecule has 0 bridgehead atoms. The largest absolute Gasteiger partial charge is 0.389 e. The minimum atomic E-state index is 0.302. The molecule has 3 nitrogen and oxygen atoms in total. The highest BCUT2D eigenvalue weighted by molar-refractivity contribution is 9.10. The highest BCUT2D eigenvalue weighted by Gasteiger charge is 2.20. The first kappa shape index (κ1) is 13.8. The van der Waals surface area contributed by atoms with Crippen molar-refractivity contribution in [1.82, 2.24) is 0 Å². The number of nitrogens with one attached hydrogen (secondary N) is 1. The first-order valence-electron chi connectivity index (χ1n) is 6.04. The van der Waals surface area contributed by atoms with Gasteiger partial charge in [-0.25, -0.2) is 0 Å². The third kappa shape index (κ3) is 3.22. The number of thiocarbonyl (C=S) groups is 1. The molecule has 5 heteroatoms. The van der Waals surface area contributed by atoms with Crippen LogP contribution in [0.4, 0.5) is 5.69 Å². The van der Waals surface area contributed by atoms with Crippen LogP contribution in [0.5, 0.6) is 0 Å². The number of nitrogens with two attached hydrogens (primary N) is 1. The monoisotopic (exact) mass is 328 g/mol. The van der Waals surface area contributed by atoms with Gasteiger partial charge < -0.3 is 15.8 Å². The molecule has 2 atom stereocenters. The van der Waals surface area contributed by atoms with E-state index in [1.807, 2.05) is 18.2 Å². The van der Waals surface area contributed by atoms with E-state index in [4.69, 9.17) is 22.7 Å². The molecule has 0 radical (unpaired) electrons. The lowest BCUT2D eigenvalue weighted by molar-refractivity contribution is 0.0232. The quantitative estimate of drug-likeness (QED) is 0.837. The highest BCUT2D eigenvalue weighted by Crippen LogP contribution is 2.27. The molecule has 1 aromatic rings. The molecule has 1 fully saturated rings. The third-order valence-corrected chi connectivity index (χ3v) is 3.97. The molecule has 0 aliphatic carbocycles. The smallest absolute Gasteiger partial charge is 0.107 e. The van der Waals surface area contributed by atoms with Gasteiger partial charge in [0.1, 0.15) is 4.99 Å². The molecule has 1 heterocycles. The number of ether oxygens (including phenoxy) is 1. The molecule has 1 saturated heterocycles. The van der Waals surface area contributed by atoms with Crippen LogP contribution >= 0.6 is 28.1 Å². The van der Waals surface area contributed by atoms with E-state index < -0.39 is 0 Å². The molecule has 1 aliphatic heterocycles. The summed E-state index contributed by atoms with van der Waals surface area (Å²) in [6, 6.07) is 6.36. The fraction of sp³-hybridized carbons (Fsp3) is 0.462. The summed E-state index contributed by atoms with van der Waals surface area (Å²) in [5.41, 5.74) is 7.66. The van der Waals surface area contributed by atoms with E-state index in [-0.39, 0.29) is 0 Å². The standard InChI is InChI=1S/C13H17BrN2OS/c1-8-7-9(5-6-17-8)16-11-4-2-3-10(14)12(11)13(15)18/h2-4,8-9,16H,5-7H2,1H3,(H2,15,18). The van der Waals surface area contributed by atoms with Crippen LogP contribution < -0.4 is 11.1 Å². The van der Waals surface area contributed by atoms with Gasteiger partial charge in [0.2, 0.25) is 0 Å². The van der Waals surface area contributed by atoms with E-state index in [2.05, 4.69) is 28.2 Å². The van der Waals surface area contributed by atoms with Crippen molar-refractivity contribution in [3.05, 3.63) is 28.2 Å². The number of benzene rings is 1. The Morgan fingerprint density at radius 3 is 3.00 bits per heavy atom. The van der Waals surface area contributed by atoms with E-state index in [1.165, 1.54) is 0 Å². The van der Waals surface area contributed by atoms with Crippen molar-refractivity contribution in [2.45, 2.75) is 31.9 Å². The minimum Gasteiger partial charge on any atom is -0.389 e. The number of rotatable bonds is 3. The Bertz CT molecular complexity index is 453. The van der Waals surface area contributed by atoms with Crippen LogP contribution in [0.3, 0.4) is 0 Å². The lowest BCUT2D eigenvalue weighted by Gasteiger charge is -2.29. The van der Waals surface area contributed by atoms with Gasteiger partial charge in [-0.3, -0.25) is 0 Å². The van der Waals surface area contributed by atoms with Crippen molar-refractivity contribution < 1.29 is 4.74 Å². The van der Waals surface area contributed by atoms with Gasteiger partial charge in [-0.2, -0.15) is 0 Å². The maximum Gasteiger partial charge on any atom is 0.107 e. The zero-order valence-electron chi connectivity index (χ0n) is 10.3. The maximum absolute atomic E-state index is 5.78. The predicted molar refractivity (Wildman–Crippen MR) is 82.1 cm³/mol. The van der Waals surface area contributed by atoms with Crippen molar-refractivity contribution in [2.24, 2.45) is 5.73 Å². The molecule has 0 spiro atoms.